The van der Waals surface area contributed by atoms with E-state index in [9.17, 15) is 4.79 Å². The first kappa shape index (κ1) is 13.6. The summed E-state index contributed by atoms with van der Waals surface area (Å²) in [6.45, 7) is 7.85. The molecule has 0 bridgehead atoms. The highest BCUT2D eigenvalue weighted by molar-refractivity contribution is 7.98. The Morgan fingerprint density at radius 3 is 2.71 bits per heavy atom. The smallest absolute Gasteiger partial charge is 0.315 e. The molecule has 14 heavy (non-hydrogen) atoms. The van der Waals surface area contributed by atoms with Crippen LogP contribution < -0.4 is 0 Å². The number of rotatable bonds is 7. The summed E-state index contributed by atoms with van der Waals surface area (Å²) >= 11 is 1.79. The molecule has 0 fully saturated rings. The van der Waals surface area contributed by atoms with Crippen molar-refractivity contribution in [3.05, 3.63) is 12.7 Å². The van der Waals surface area contributed by atoms with E-state index in [-0.39, 0.29) is 5.97 Å². The van der Waals surface area contributed by atoms with E-state index in [1.165, 1.54) is 0 Å². The molecule has 0 aliphatic carbocycles. The molecule has 82 valence electrons. The number of esters is 1. The summed E-state index contributed by atoms with van der Waals surface area (Å²) in [5, 5.41) is 0. The van der Waals surface area contributed by atoms with Gasteiger partial charge in [0.2, 0.25) is 0 Å². The van der Waals surface area contributed by atoms with Crippen molar-refractivity contribution >= 4 is 17.7 Å². The summed E-state index contributed by atoms with van der Waals surface area (Å²) in [5.41, 5.74) is -0.508. The van der Waals surface area contributed by atoms with E-state index in [2.05, 4.69) is 12.8 Å². The summed E-state index contributed by atoms with van der Waals surface area (Å²) < 4.78 is 5.01. The monoisotopic (exact) mass is 216 g/mol. The Bertz CT molecular complexity index is 192. The fourth-order valence-corrected chi connectivity index (χ4v) is 1.60. The summed E-state index contributed by atoms with van der Waals surface area (Å²) in [6.07, 6.45) is 5.60. The molecule has 0 aromatic heterocycles. The van der Waals surface area contributed by atoms with Gasteiger partial charge in [-0.05, 0) is 38.7 Å². The van der Waals surface area contributed by atoms with Crippen LogP contribution in [0.4, 0.5) is 0 Å². The molecule has 0 spiro atoms. The minimum absolute atomic E-state index is 0.156. The van der Waals surface area contributed by atoms with Gasteiger partial charge in [0, 0.05) is 0 Å². The quantitative estimate of drug-likeness (QED) is 0.372. The van der Waals surface area contributed by atoms with Crippen LogP contribution >= 0.6 is 11.8 Å². The van der Waals surface area contributed by atoms with Crippen molar-refractivity contribution in [3.8, 4) is 0 Å². The Morgan fingerprint density at radius 2 is 2.29 bits per heavy atom. The Kier molecular flexibility index (Phi) is 6.71. The summed E-state index contributed by atoms with van der Waals surface area (Å²) in [4.78, 5) is 11.6. The van der Waals surface area contributed by atoms with Crippen LogP contribution in [0.3, 0.4) is 0 Å². The maximum absolute atomic E-state index is 11.6. The molecule has 0 N–H and O–H groups in total. The highest BCUT2D eigenvalue weighted by Crippen LogP contribution is 2.27. The van der Waals surface area contributed by atoms with Gasteiger partial charge in [0.15, 0.2) is 0 Å². The number of hydrogen-bond acceptors (Lipinski definition) is 3. The van der Waals surface area contributed by atoms with E-state index in [1.807, 2.05) is 13.8 Å². The van der Waals surface area contributed by atoms with Crippen LogP contribution in [0, 0.1) is 5.41 Å². The highest BCUT2D eigenvalue weighted by Gasteiger charge is 2.30. The molecule has 0 aromatic rings. The van der Waals surface area contributed by atoms with Crippen molar-refractivity contribution < 1.29 is 9.53 Å². The lowest BCUT2D eigenvalue weighted by Gasteiger charge is -2.22. The van der Waals surface area contributed by atoms with Gasteiger partial charge in [0.25, 0.3) is 0 Å². The zero-order valence-corrected chi connectivity index (χ0v) is 10.2. The van der Waals surface area contributed by atoms with Crippen LogP contribution in [0.15, 0.2) is 12.7 Å². The van der Waals surface area contributed by atoms with Gasteiger partial charge in [-0.2, -0.15) is 11.8 Å². The van der Waals surface area contributed by atoms with Gasteiger partial charge in [0.05, 0.1) is 12.0 Å². The zero-order chi connectivity index (χ0) is 11.0. The second-order valence-corrected chi connectivity index (χ2v) is 4.42. The molecule has 0 aromatic carbocycles. The minimum atomic E-state index is -0.508. The SMILES string of the molecule is C=CC(C)(CCCSC)C(=O)OCC. The third-order valence-electron chi connectivity index (χ3n) is 2.24. The van der Waals surface area contributed by atoms with E-state index in [4.69, 9.17) is 4.74 Å². The molecule has 0 rings (SSSR count). The van der Waals surface area contributed by atoms with Crippen molar-refractivity contribution in [3.63, 3.8) is 0 Å². The number of ether oxygens (including phenoxy) is 1. The number of thioether (sulfide) groups is 1. The van der Waals surface area contributed by atoms with Crippen molar-refractivity contribution in [1.82, 2.24) is 0 Å². The fourth-order valence-electron chi connectivity index (χ4n) is 1.17. The molecule has 3 heteroatoms. The fraction of sp³-hybridized carbons (Fsp3) is 0.727. The van der Waals surface area contributed by atoms with Crippen molar-refractivity contribution in [1.29, 1.82) is 0 Å². The third-order valence-corrected chi connectivity index (χ3v) is 2.93. The zero-order valence-electron chi connectivity index (χ0n) is 9.34. The van der Waals surface area contributed by atoms with Gasteiger partial charge in [-0.15, -0.1) is 6.58 Å². The molecule has 2 nitrogen and oxygen atoms in total. The maximum Gasteiger partial charge on any atom is 0.315 e. The third kappa shape index (κ3) is 4.18. The Hall–Kier alpha value is -0.440. The predicted octanol–water partition coefficient (Wildman–Crippen LogP) is 2.89. The molecule has 0 radical (unpaired) electrons. The van der Waals surface area contributed by atoms with Crippen LogP contribution in [-0.2, 0) is 9.53 Å². The Balaban J connectivity index is 4.16. The van der Waals surface area contributed by atoms with Gasteiger partial charge in [-0.1, -0.05) is 6.08 Å². The normalized spacial score (nSPS) is 14.5. The largest absolute Gasteiger partial charge is 0.465 e. The summed E-state index contributed by atoms with van der Waals surface area (Å²) in [6, 6.07) is 0. The van der Waals surface area contributed by atoms with Crippen LogP contribution in [0.25, 0.3) is 0 Å². The van der Waals surface area contributed by atoms with Gasteiger partial charge >= 0.3 is 5.97 Å². The summed E-state index contributed by atoms with van der Waals surface area (Å²) in [5.74, 6) is 0.916. The molecule has 0 aliphatic rings. The molecule has 0 saturated heterocycles. The first-order valence-corrected chi connectivity index (χ1v) is 6.30. The topological polar surface area (TPSA) is 26.3 Å². The maximum atomic E-state index is 11.6. The average Bonchev–Trinajstić information content (AvgIpc) is 2.18. The second kappa shape index (κ2) is 6.93. The Labute approximate surface area is 91.1 Å². The lowest BCUT2D eigenvalue weighted by atomic mass is 9.86. The van der Waals surface area contributed by atoms with Crippen LogP contribution in [-0.4, -0.2) is 24.6 Å². The lowest BCUT2D eigenvalue weighted by Crippen LogP contribution is -2.27. The van der Waals surface area contributed by atoms with E-state index >= 15 is 0 Å². The molecule has 1 unspecified atom stereocenters. The van der Waals surface area contributed by atoms with E-state index in [0.717, 1.165) is 18.6 Å². The van der Waals surface area contributed by atoms with E-state index < -0.39 is 5.41 Å². The van der Waals surface area contributed by atoms with Gasteiger partial charge in [0.1, 0.15) is 0 Å². The number of hydrogen-bond donors (Lipinski definition) is 0. The summed E-state index contributed by atoms with van der Waals surface area (Å²) in [7, 11) is 0. The Morgan fingerprint density at radius 1 is 1.64 bits per heavy atom. The van der Waals surface area contributed by atoms with Crippen LogP contribution in [0.2, 0.25) is 0 Å². The van der Waals surface area contributed by atoms with E-state index in [1.54, 1.807) is 17.8 Å². The highest BCUT2D eigenvalue weighted by atomic mass is 32.2. The van der Waals surface area contributed by atoms with Crippen LogP contribution in [0.1, 0.15) is 26.7 Å². The molecule has 1 atom stereocenters. The van der Waals surface area contributed by atoms with Crippen molar-refractivity contribution in [2.75, 3.05) is 18.6 Å². The van der Waals surface area contributed by atoms with Crippen LogP contribution in [0.5, 0.6) is 0 Å². The van der Waals surface area contributed by atoms with Crippen molar-refractivity contribution in [2.24, 2.45) is 5.41 Å². The second-order valence-electron chi connectivity index (χ2n) is 3.44. The minimum Gasteiger partial charge on any atom is -0.465 e. The average molecular weight is 216 g/mol. The molecule has 0 heterocycles. The molecule has 0 amide bonds. The predicted molar refractivity (Wildman–Crippen MR) is 62.6 cm³/mol. The van der Waals surface area contributed by atoms with Gasteiger partial charge < -0.3 is 4.74 Å². The van der Waals surface area contributed by atoms with E-state index in [0.29, 0.717) is 6.61 Å². The number of carbonyl (C=O) groups is 1. The molecular formula is C11H20O2S. The number of carbonyl (C=O) groups excluding carboxylic acids is 1. The van der Waals surface area contributed by atoms with Gasteiger partial charge in [-0.25, -0.2) is 0 Å². The first-order chi connectivity index (χ1) is 6.60. The molecule has 0 saturated carbocycles. The standard InChI is InChI=1S/C11H20O2S/c1-5-11(3,8-7-9-14-4)10(12)13-6-2/h5H,1,6-9H2,2-4H3. The molecule has 0 aliphatic heterocycles. The molecular weight excluding hydrogens is 196 g/mol. The van der Waals surface area contributed by atoms with Gasteiger partial charge in [-0.3, -0.25) is 4.79 Å². The lowest BCUT2D eigenvalue weighted by molar-refractivity contribution is -0.151. The van der Waals surface area contributed by atoms with Crippen molar-refractivity contribution in [2.45, 2.75) is 26.7 Å². The first-order valence-electron chi connectivity index (χ1n) is 4.90.